The van der Waals surface area contributed by atoms with Gasteiger partial charge in [-0.15, -0.1) is 0 Å². The number of methoxy groups -OCH3 is 1. The summed E-state index contributed by atoms with van der Waals surface area (Å²) in [6.07, 6.45) is 0.579. The number of aryl methyl sites for hydroxylation is 1. The smallest absolute Gasteiger partial charge is 0.303 e. The van der Waals surface area contributed by atoms with Crippen LogP contribution >= 0.6 is 0 Å². The first kappa shape index (κ1) is 16.7. The molecule has 1 aliphatic rings. The molecule has 6 heteroatoms. The highest BCUT2D eigenvalue weighted by Crippen LogP contribution is 2.38. The van der Waals surface area contributed by atoms with Gasteiger partial charge >= 0.3 is 5.97 Å². The number of rotatable bonds is 5. The molecule has 0 fully saturated rings. The highest BCUT2D eigenvalue weighted by molar-refractivity contribution is 6.30. The average molecular weight is 340 g/mol. The molecule has 0 saturated carbocycles. The minimum atomic E-state index is -0.928. The molecule has 2 aromatic rings. The second-order valence-corrected chi connectivity index (χ2v) is 5.78. The van der Waals surface area contributed by atoms with E-state index in [1.807, 2.05) is 0 Å². The minimum absolute atomic E-state index is 0.0416. The molecule has 0 amide bonds. The predicted octanol–water partition coefficient (Wildman–Crippen LogP) is 2.58. The molecule has 0 saturated heterocycles. The minimum Gasteiger partial charge on any atom is -0.507 e. The van der Waals surface area contributed by atoms with E-state index in [-0.39, 0.29) is 46.0 Å². The third-order valence-corrected chi connectivity index (χ3v) is 4.29. The van der Waals surface area contributed by atoms with Crippen LogP contribution in [0.5, 0.6) is 11.5 Å². The Labute approximate surface area is 143 Å². The lowest BCUT2D eigenvalue weighted by Gasteiger charge is -2.21. The fourth-order valence-corrected chi connectivity index (χ4v) is 3.08. The molecule has 25 heavy (non-hydrogen) atoms. The topological polar surface area (TPSA) is 101 Å². The van der Waals surface area contributed by atoms with Crippen LogP contribution in [-0.4, -0.2) is 34.9 Å². The summed E-state index contributed by atoms with van der Waals surface area (Å²) in [4.78, 5) is 36.2. The van der Waals surface area contributed by atoms with Gasteiger partial charge in [0.05, 0.1) is 18.2 Å². The summed E-state index contributed by atoms with van der Waals surface area (Å²) in [5, 5.41) is 19.2. The summed E-state index contributed by atoms with van der Waals surface area (Å²) in [6, 6.07) is 7.84. The molecule has 6 nitrogen and oxygen atoms in total. The summed E-state index contributed by atoms with van der Waals surface area (Å²) >= 11 is 0. The van der Waals surface area contributed by atoms with Crippen molar-refractivity contribution in [1.29, 1.82) is 0 Å². The number of carbonyl (C=O) groups excluding carboxylic acids is 2. The molecule has 0 bridgehead atoms. The number of hydrogen-bond acceptors (Lipinski definition) is 5. The maximum Gasteiger partial charge on any atom is 0.303 e. The standard InChI is InChI=1S/C19H16O6/c1-25-13-6-3-5-11-15(13)19(24)16-12(18(11)23)9-8-10(17(16)22)4-2-7-14(20)21/h3,5-6,8-9,22H,2,4,7H2,1H3,(H,20,21). The zero-order valence-electron chi connectivity index (χ0n) is 13.5. The number of aliphatic carboxylic acids is 1. The number of carbonyl (C=O) groups is 3. The number of benzene rings is 2. The van der Waals surface area contributed by atoms with E-state index < -0.39 is 11.8 Å². The lowest BCUT2D eigenvalue weighted by molar-refractivity contribution is -0.137. The number of phenols is 1. The number of ketones is 2. The lowest BCUT2D eigenvalue weighted by atomic mass is 9.82. The first-order valence-corrected chi connectivity index (χ1v) is 7.78. The molecule has 3 rings (SSSR count). The molecular formula is C19H16O6. The summed E-state index contributed by atoms with van der Waals surface area (Å²) in [7, 11) is 1.41. The molecule has 1 aliphatic carbocycles. The van der Waals surface area contributed by atoms with Crippen LogP contribution in [0.1, 0.15) is 50.2 Å². The van der Waals surface area contributed by atoms with Gasteiger partial charge in [0.25, 0.3) is 0 Å². The fourth-order valence-electron chi connectivity index (χ4n) is 3.08. The molecule has 2 aromatic carbocycles. The van der Waals surface area contributed by atoms with Gasteiger partial charge in [-0.25, -0.2) is 0 Å². The molecule has 2 N–H and O–H groups in total. The van der Waals surface area contributed by atoms with Gasteiger partial charge < -0.3 is 14.9 Å². The number of carboxylic acids is 1. The van der Waals surface area contributed by atoms with Crippen molar-refractivity contribution in [1.82, 2.24) is 0 Å². The van der Waals surface area contributed by atoms with E-state index in [0.717, 1.165) is 0 Å². The Morgan fingerprint density at radius 2 is 1.76 bits per heavy atom. The second kappa shape index (κ2) is 6.39. The maximum atomic E-state index is 12.9. The van der Waals surface area contributed by atoms with Crippen LogP contribution in [0.15, 0.2) is 30.3 Å². The SMILES string of the molecule is COc1cccc2c1C(=O)c1c(ccc(CCCC(=O)O)c1O)C2=O. The maximum absolute atomic E-state index is 12.9. The van der Waals surface area contributed by atoms with Gasteiger partial charge in [-0.2, -0.15) is 0 Å². The van der Waals surface area contributed by atoms with Crippen LogP contribution in [0.4, 0.5) is 0 Å². The van der Waals surface area contributed by atoms with E-state index in [1.165, 1.54) is 13.2 Å². The van der Waals surface area contributed by atoms with Crippen LogP contribution < -0.4 is 4.74 Å². The Hall–Kier alpha value is -3.15. The Morgan fingerprint density at radius 3 is 2.44 bits per heavy atom. The number of carboxylic acid groups (broad SMARTS) is 1. The zero-order chi connectivity index (χ0) is 18.1. The molecule has 0 heterocycles. The number of hydrogen-bond donors (Lipinski definition) is 2. The zero-order valence-corrected chi connectivity index (χ0v) is 13.5. The summed E-state index contributed by atoms with van der Waals surface area (Å²) in [5.41, 5.74) is 0.926. The number of fused-ring (bicyclic) bond motifs is 2. The highest BCUT2D eigenvalue weighted by atomic mass is 16.5. The first-order chi connectivity index (χ1) is 12.0. The molecule has 0 aliphatic heterocycles. The monoisotopic (exact) mass is 340 g/mol. The molecule has 0 atom stereocenters. The van der Waals surface area contributed by atoms with Crippen molar-refractivity contribution >= 4 is 17.5 Å². The van der Waals surface area contributed by atoms with E-state index >= 15 is 0 Å². The van der Waals surface area contributed by atoms with E-state index in [9.17, 15) is 19.5 Å². The van der Waals surface area contributed by atoms with E-state index in [1.54, 1.807) is 24.3 Å². The van der Waals surface area contributed by atoms with Gasteiger partial charge in [0.15, 0.2) is 5.78 Å². The normalized spacial score (nSPS) is 12.5. The average Bonchev–Trinajstić information content (AvgIpc) is 2.60. The van der Waals surface area contributed by atoms with Gasteiger partial charge in [-0.1, -0.05) is 18.2 Å². The van der Waals surface area contributed by atoms with Crippen molar-refractivity contribution in [2.45, 2.75) is 19.3 Å². The van der Waals surface area contributed by atoms with Gasteiger partial charge in [-0.05, 0) is 30.5 Å². The molecule has 128 valence electrons. The Morgan fingerprint density at radius 1 is 1.04 bits per heavy atom. The second-order valence-electron chi connectivity index (χ2n) is 5.78. The van der Waals surface area contributed by atoms with Crippen molar-refractivity contribution in [3.63, 3.8) is 0 Å². The Balaban J connectivity index is 2.07. The van der Waals surface area contributed by atoms with E-state index in [4.69, 9.17) is 9.84 Å². The quantitative estimate of drug-likeness (QED) is 0.740. The lowest BCUT2D eigenvalue weighted by Crippen LogP contribution is -2.22. The van der Waals surface area contributed by atoms with Gasteiger partial charge in [0.1, 0.15) is 11.5 Å². The molecule has 0 unspecified atom stereocenters. The number of aromatic hydroxyl groups is 1. The Kier molecular flexibility index (Phi) is 4.27. The van der Waals surface area contributed by atoms with E-state index in [0.29, 0.717) is 18.4 Å². The van der Waals surface area contributed by atoms with Crippen molar-refractivity contribution in [2.24, 2.45) is 0 Å². The van der Waals surface area contributed by atoms with Crippen LogP contribution in [-0.2, 0) is 11.2 Å². The summed E-state index contributed by atoms with van der Waals surface area (Å²) in [5.74, 6) is -1.74. The number of ether oxygens (including phenoxy) is 1. The van der Waals surface area contributed by atoms with Crippen molar-refractivity contribution in [2.75, 3.05) is 7.11 Å². The Bertz CT molecular complexity index is 897. The van der Waals surface area contributed by atoms with Crippen molar-refractivity contribution < 1.29 is 29.3 Å². The van der Waals surface area contributed by atoms with Gasteiger partial charge in [0.2, 0.25) is 5.78 Å². The van der Waals surface area contributed by atoms with E-state index in [2.05, 4.69) is 0 Å². The van der Waals surface area contributed by atoms with Gasteiger partial charge in [-0.3, -0.25) is 14.4 Å². The van der Waals surface area contributed by atoms with Crippen molar-refractivity contribution in [3.05, 3.63) is 58.1 Å². The third kappa shape index (κ3) is 2.76. The predicted molar refractivity (Wildman–Crippen MR) is 88.5 cm³/mol. The highest BCUT2D eigenvalue weighted by Gasteiger charge is 2.35. The molecule has 0 aromatic heterocycles. The number of phenolic OH excluding ortho intramolecular Hbond substituents is 1. The van der Waals surface area contributed by atoms with Gasteiger partial charge in [0, 0.05) is 17.5 Å². The molecule has 0 spiro atoms. The van der Waals surface area contributed by atoms with Crippen LogP contribution in [0.2, 0.25) is 0 Å². The molecular weight excluding hydrogens is 324 g/mol. The van der Waals surface area contributed by atoms with Crippen LogP contribution in [0.25, 0.3) is 0 Å². The first-order valence-electron chi connectivity index (χ1n) is 7.78. The summed E-state index contributed by atoms with van der Waals surface area (Å²) < 4.78 is 5.19. The fraction of sp³-hybridized carbons (Fsp3) is 0.211. The largest absolute Gasteiger partial charge is 0.507 e. The van der Waals surface area contributed by atoms with Crippen LogP contribution in [0, 0.1) is 0 Å². The third-order valence-electron chi connectivity index (χ3n) is 4.29. The summed E-state index contributed by atoms with van der Waals surface area (Å²) in [6.45, 7) is 0. The van der Waals surface area contributed by atoms with Crippen molar-refractivity contribution in [3.8, 4) is 11.5 Å². The molecule has 0 radical (unpaired) electrons. The van der Waals surface area contributed by atoms with Crippen LogP contribution in [0.3, 0.4) is 0 Å².